The predicted octanol–water partition coefficient (Wildman–Crippen LogP) is 0.119. The molecule has 2 aromatic rings. The van der Waals surface area contributed by atoms with Gasteiger partial charge in [-0.1, -0.05) is 0 Å². The lowest BCUT2D eigenvalue weighted by atomic mass is 10.3. The Labute approximate surface area is 132 Å². The summed E-state index contributed by atoms with van der Waals surface area (Å²) >= 11 is -0.865. The minimum absolute atomic E-state index is 0.587. The van der Waals surface area contributed by atoms with Gasteiger partial charge in [-0.15, -0.1) is 0 Å². The molecule has 0 atom stereocenters. The van der Waals surface area contributed by atoms with Crippen molar-refractivity contribution in [2.24, 2.45) is 0 Å². The maximum atomic E-state index is 13.3. The Morgan fingerprint density at radius 3 is 1.71 bits per heavy atom. The summed E-state index contributed by atoms with van der Waals surface area (Å²) in [6.45, 7) is 0. The Balaban J connectivity index is 2.46. The van der Waals surface area contributed by atoms with Crippen molar-refractivity contribution in [2.45, 2.75) is 0 Å². The normalized spacial score (nSPS) is 10.3. The van der Waals surface area contributed by atoms with Gasteiger partial charge >= 0.3 is 21.2 Å². The number of rotatable bonds is 5. The van der Waals surface area contributed by atoms with Gasteiger partial charge in [0.15, 0.2) is 11.5 Å². The summed E-state index contributed by atoms with van der Waals surface area (Å²) in [7, 11) is 4.62. The van der Waals surface area contributed by atoms with E-state index >= 15 is 0 Å². The van der Waals surface area contributed by atoms with Crippen LogP contribution in [0.15, 0.2) is 30.3 Å². The van der Waals surface area contributed by atoms with E-state index in [0.717, 1.165) is 9.64 Å². The zero-order valence-corrected chi connectivity index (χ0v) is 13.9. The molecule has 0 aliphatic rings. The van der Waals surface area contributed by atoms with Crippen molar-refractivity contribution in [1.82, 2.24) is 0 Å². The van der Waals surface area contributed by atoms with Crippen LogP contribution in [0.25, 0.3) is 0 Å². The van der Waals surface area contributed by atoms with Crippen molar-refractivity contribution in [3.63, 3.8) is 0 Å². The molecule has 0 saturated carbocycles. The molecule has 0 bridgehead atoms. The summed E-state index contributed by atoms with van der Waals surface area (Å²) in [6, 6.07) is 6.98. The third-order valence-corrected chi connectivity index (χ3v) is 5.53. The second-order valence-corrected chi connectivity index (χ2v) is 6.89. The Bertz CT molecular complexity index is 602. The number of hydrogen-bond acceptors (Lipinski definition) is 3. The van der Waals surface area contributed by atoms with Crippen LogP contribution < -0.4 is 35.4 Å². The summed E-state index contributed by atoms with van der Waals surface area (Å²) in [4.78, 5) is 0. The highest BCUT2D eigenvalue weighted by Gasteiger charge is 2.28. The number of ether oxygens (including phenoxy) is 3. The van der Waals surface area contributed by atoms with E-state index in [2.05, 4.69) is 0 Å². The van der Waals surface area contributed by atoms with E-state index in [-0.39, 0.29) is 0 Å². The monoisotopic (exact) mass is 407 g/mol. The maximum absolute atomic E-state index is 13.3. The molecule has 0 heterocycles. The summed E-state index contributed by atoms with van der Waals surface area (Å²) in [5, 5.41) is 0. The van der Waals surface area contributed by atoms with Crippen molar-refractivity contribution in [1.29, 1.82) is 0 Å². The predicted molar refractivity (Wildman–Crippen MR) is 69.9 cm³/mol. The molecule has 21 heavy (non-hydrogen) atoms. The summed E-state index contributed by atoms with van der Waals surface area (Å²) in [5.74, 6) is 0.599. The summed E-state index contributed by atoms with van der Waals surface area (Å²) in [5.41, 5.74) is 0. The molecule has 3 nitrogen and oxygen atoms in total. The average molecular weight is 407 g/mol. The van der Waals surface area contributed by atoms with Crippen molar-refractivity contribution >= 4 is 0 Å². The first-order valence-corrected chi connectivity index (χ1v) is 8.14. The largest absolute Gasteiger partial charge is 0.496 e. The Morgan fingerprint density at radius 1 is 0.762 bits per heavy atom. The molecule has 0 N–H and O–H groups in total. The molecule has 0 radical (unpaired) electrons. The third-order valence-electron chi connectivity index (χ3n) is 2.69. The molecule has 0 aliphatic heterocycles. The second kappa shape index (κ2) is 6.93. The lowest BCUT2D eigenvalue weighted by Crippen LogP contribution is -3.61. The molecule has 0 aliphatic carbocycles. The van der Waals surface area contributed by atoms with Crippen molar-refractivity contribution in [3.8, 4) is 17.2 Å². The van der Waals surface area contributed by atoms with E-state index in [1.807, 2.05) is 0 Å². The van der Waals surface area contributed by atoms with Crippen LogP contribution in [0, 0.1) is 18.8 Å². The quantitative estimate of drug-likeness (QED) is 0.660. The zero-order valence-electron chi connectivity index (χ0n) is 11.7. The second-order valence-electron chi connectivity index (χ2n) is 4.03. The van der Waals surface area contributed by atoms with Crippen LogP contribution in [0.3, 0.4) is 0 Å². The number of hydrogen-bond donors (Lipinski definition) is 0. The van der Waals surface area contributed by atoms with Gasteiger partial charge in [-0.25, -0.2) is 8.78 Å². The van der Waals surface area contributed by atoms with Crippen LogP contribution in [0.2, 0.25) is 0 Å². The van der Waals surface area contributed by atoms with Gasteiger partial charge in [0.05, 0.1) is 21.3 Å². The molecule has 0 spiro atoms. The van der Waals surface area contributed by atoms with Gasteiger partial charge in [-0.3, -0.25) is 0 Å². The van der Waals surface area contributed by atoms with Gasteiger partial charge < -0.3 is 14.2 Å². The first-order chi connectivity index (χ1) is 10.1. The molecule has 6 heteroatoms. The number of benzene rings is 2. The fraction of sp³-hybridized carbons (Fsp3) is 0.200. The fourth-order valence-electron chi connectivity index (χ4n) is 1.74. The van der Waals surface area contributed by atoms with Crippen LogP contribution in [-0.2, 0) is 0 Å². The van der Waals surface area contributed by atoms with Crippen LogP contribution in [0.5, 0.6) is 17.2 Å². The highest BCUT2D eigenvalue weighted by Crippen LogP contribution is 2.27. The van der Waals surface area contributed by atoms with Gasteiger partial charge in [0.25, 0.3) is 3.57 Å². The van der Waals surface area contributed by atoms with Crippen LogP contribution in [0.4, 0.5) is 8.78 Å². The summed E-state index contributed by atoms with van der Waals surface area (Å²) < 4.78 is 43.9. The molecular formula is C15H14F2IO3+. The van der Waals surface area contributed by atoms with Gasteiger partial charge in [0, 0.05) is 30.3 Å². The molecule has 0 fully saturated rings. The molecule has 0 aromatic heterocycles. The number of halogens is 3. The standard InChI is InChI=1S/C15H14F2IO3/c1-19-12-7-13(20-2)15(14(8-12)21-3)18-11-5-9(16)4-10(17)6-11/h4-8H,1-3H3/q+1. The van der Waals surface area contributed by atoms with E-state index in [1.54, 1.807) is 19.2 Å². The van der Waals surface area contributed by atoms with E-state index in [4.69, 9.17) is 14.2 Å². The minimum Gasteiger partial charge on any atom is -0.496 e. The molecule has 2 rings (SSSR count). The molecule has 2 aromatic carbocycles. The first-order valence-electron chi connectivity index (χ1n) is 5.98. The number of methoxy groups -OCH3 is 3. The topological polar surface area (TPSA) is 27.7 Å². The third kappa shape index (κ3) is 3.75. The minimum atomic E-state index is -0.865. The van der Waals surface area contributed by atoms with Gasteiger partial charge in [0.2, 0.25) is 3.57 Å². The Hall–Kier alpha value is -1.57. The van der Waals surface area contributed by atoms with E-state index < -0.39 is 32.8 Å². The molecule has 0 unspecified atom stereocenters. The highest BCUT2D eigenvalue weighted by molar-refractivity contribution is 5.41. The van der Waals surface area contributed by atoms with Crippen molar-refractivity contribution in [2.75, 3.05) is 21.3 Å². The Kier molecular flexibility index (Phi) is 5.22. The molecular weight excluding hydrogens is 393 g/mol. The van der Waals surface area contributed by atoms with Crippen LogP contribution >= 0.6 is 0 Å². The van der Waals surface area contributed by atoms with E-state index in [9.17, 15) is 8.78 Å². The SMILES string of the molecule is COc1cc(OC)c([I+]c2cc(F)cc(F)c2)c(OC)c1. The van der Waals surface area contributed by atoms with Gasteiger partial charge in [0.1, 0.15) is 17.4 Å². The molecule has 0 saturated heterocycles. The Morgan fingerprint density at radius 2 is 1.29 bits per heavy atom. The average Bonchev–Trinajstić information content (AvgIpc) is 2.46. The van der Waals surface area contributed by atoms with Crippen molar-refractivity contribution < 1.29 is 44.2 Å². The van der Waals surface area contributed by atoms with Gasteiger partial charge in [-0.05, 0) is 0 Å². The highest BCUT2D eigenvalue weighted by atomic mass is 127. The van der Waals surface area contributed by atoms with Gasteiger partial charge in [-0.2, -0.15) is 0 Å². The zero-order chi connectivity index (χ0) is 15.4. The summed E-state index contributed by atoms with van der Waals surface area (Å²) in [6.07, 6.45) is 0. The lowest BCUT2D eigenvalue weighted by Gasteiger charge is -2.08. The van der Waals surface area contributed by atoms with Crippen molar-refractivity contribution in [3.05, 3.63) is 49.1 Å². The van der Waals surface area contributed by atoms with Crippen LogP contribution in [-0.4, -0.2) is 21.3 Å². The van der Waals surface area contributed by atoms with E-state index in [1.165, 1.54) is 26.4 Å². The molecule has 112 valence electrons. The smallest absolute Gasteiger partial charge is 0.366 e. The van der Waals surface area contributed by atoms with Crippen LogP contribution in [0.1, 0.15) is 0 Å². The first kappa shape index (κ1) is 15.8. The molecule has 0 amide bonds. The lowest BCUT2D eigenvalue weighted by molar-refractivity contribution is -0.599. The maximum Gasteiger partial charge on any atom is 0.366 e. The fourth-order valence-corrected chi connectivity index (χ4v) is 4.55. The van der Waals surface area contributed by atoms with E-state index in [0.29, 0.717) is 20.8 Å².